The van der Waals surface area contributed by atoms with Gasteiger partial charge in [-0.25, -0.2) is 4.98 Å². The minimum atomic E-state index is -0.143. The molecule has 0 bridgehead atoms. The summed E-state index contributed by atoms with van der Waals surface area (Å²) in [5, 5.41) is 12.8. The van der Waals surface area contributed by atoms with E-state index in [9.17, 15) is 4.79 Å². The molecule has 2 aromatic carbocycles. The Morgan fingerprint density at radius 2 is 1.97 bits per heavy atom. The minimum absolute atomic E-state index is 0.143. The molecule has 0 aliphatic carbocycles. The van der Waals surface area contributed by atoms with Crippen LogP contribution in [0, 0.1) is 0 Å². The van der Waals surface area contributed by atoms with Crippen molar-refractivity contribution in [1.29, 1.82) is 0 Å². The summed E-state index contributed by atoms with van der Waals surface area (Å²) in [5.41, 5.74) is 2.11. The number of allylic oxidation sites excluding steroid dienone is 1. The van der Waals surface area contributed by atoms with Gasteiger partial charge in [0.15, 0.2) is 16.1 Å². The number of anilines is 1. The molecule has 35 heavy (non-hydrogen) atoms. The maximum absolute atomic E-state index is 12.6. The summed E-state index contributed by atoms with van der Waals surface area (Å²) >= 11 is 6.26. The monoisotopic (exact) mass is 569 g/mol. The second kappa shape index (κ2) is 12.1. The third-order valence-electron chi connectivity index (χ3n) is 4.88. The molecule has 0 aliphatic rings. The molecule has 2 aromatic heterocycles. The first-order chi connectivity index (χ1) is 17.1. The fraction of sp³-hybridized carbons (Fsp3) is 0.200. The highest BCUT2D eigenvalue weighted by Crippen LogP contribution is 2.27. The Hall–Kier alpha value is -2.95. The fourth-order valence-corrected chi connectivity index (χ4v) is 5.18. The number of hydrogen-bond donors (Lipinski definition) is 1. The Bertz CT molecular complexity index is 1290. The summed E-state index contributed by atoms with van der Waals surface area (Å²) in [7, 11) is 0. The number of carbonyl (C=O) groups is 1. The zero-order chi connectivity index (χ0) is 24.6. The van der Waals surface area contributed by atoms with Gasteiger partial charge < -0.3 is 10.1 Å². The molecule has 0 saturated carbocycles. The number of carbonyl (C=O) groups excluding carboxylic acids is 1. The molecular weight excluding hydrogens is 546 g/mol. The summed E-state index contributed by atoms with van der Waals surface area (Å²) in [6.07, 6.45) is 4.36. The number of amides is 1. The first kappa shape index (κ1) is 25.2. The lowest BCUT2D eigenvalue weighted by molar-refractivity contribution is -0.113. The molecule has 0 fully saturated rings. The van der Waals surface area contributed by atoms with E-state index in [4.69, 9.17) is 4.74 Å². The topological polar surface area (TPSA) is 81.9 Å². The second-order valence-corrected chi connectivity index (χ2v) is 10.4. The number of nitrogens with one attached hydrogen (secondary N) is 1. The lowest BCUT2D eigenvalue weighted by atomic mass is 10.1. The number of aromatic nitrogens is 4. The Morgan fingerprint density at radius 1 is 1.20 bits per heavy atom. The Kier molecular flexibility index (Phi) is 8.73. The highest BCUT2D eigenvalue weighted by molar-refractivity contribution is 9.10. The molecule has 180 valence electrons. The van der Waals surface area contributed by atoms with Crippen molar-refractivity contribution in [3.05, 3.63) is 82.3 Å². The quantitative estimate of drug-likeness (QED) is 0.174. The molecule has 4 rings (SSSR count). The third-order valence-corrected chi connectivity index (χ3v) is 7.28. The van der Waals surface area contributed by atoms with Gasteiger partial charge in [0.25, 0.3) is 0 Å². The summed E-state index contributed by atoms with van der Waals surface area (Å²) < 4.78 is 8.51. The molecule has 0 unspecified atom stereocenters. The van der Waals surface area contributed by atoms with Gasteiger partial charge in [0.05, 0.1) is 12.4 Å². The van der Waals surface area contributed by atoms with Crippen LogP contribution >= 0.6 is 39.0 Å². The Labute approximate surface area is 220 Å². The van der Waals surface area contributed by atoms with Crippen LogP contribution in [0.3, 0.4) is 0 Å². The zero-order valence-electron chi connectivity index (χ0n) is 19.1. The van der Waals surface area contributed by atoms with Crippen molar-refractivity contribution in [2.24, 2.45) is 0 Å². The van der Waals surface area contributed by atoms with Crippen LogP contribution in [0.15, 0.2) is 77.0 Å². The van der Waals surface area contributed by atoms with Crippen molar-refractivity contribution in [1.82, 2.24) is 19.7 Å². The smallest absolute Gasteiger partial charge is 0.236 e. The van der Waals surface area contributed by atoms with Gasteiger partial charge in [-0.15, -0.1) is 28.1 Å². The lowest BCUT2D eigenvalue weighted by Crippen LogP contribution is -2.14. The minimum Gasteiger partial charge on any atom is -0.494 e. The molecule has 7 nitrogen and oxygen atoms in total. The van der Waals surface area contributed by atoms with Crippen LogP contribution in [-0.4, -0.2) is 38.0 Å². The summed E-state index contributed by atoms with van der Waals surface area (Å²) in [6.45, 7) is 6.94. The number of thiazole rings is 1. The van der Waals surface area contributed by atoms with Crippen LogP contribution in [0.1, 0.15) is 17.4 Å². The molecule has 2 heterocycles. The normalized spacial score (nSPS) is 10.8. The molecular formula is C25H24BrN5O2S2. The second-order valence-electron chi connectivity index (χ2n) is 7.43. The molecule has 4 aromatic rings. The number of halogens is 1. The van der Waals surface area contributed by atoms with E-state index in [2.05, 4.69) is 55.1 Å². The van der Waals surface area contributed by atoms with E-state index >= 15 is 0 Å². The molecule has 1 N–H and O–H groups in total. The van der Waals surface area contributed by atoms with Crippen LogP contribution in [0.2, 0.25) is 0 Å². The van der Waals surface area contributed by atoms with E-state index < -0.39 is 0 Å². The standard InChI is InChI=1S/C25H24BrN5O2S2/c1-3-13-31-23(18-7-11-20(12-8-18)33-4-2)29-30-25(31)34-16-22(32)28-24-27-15-21(35-24)14-17-5-9-19(26)10-6-17/h3,5-12,15H,1,4,13-14,16H2,2H3,(H,27,28,32). The third kappa shape index (κ3) is 6.81. The van der Waals surface area contributed by atoms with Gasteiger partial charge in [0.1, 0.15) is 5.75 Å². The van der Waals surface area contributed by atoms with E-state index in [0.29, 0.717) is 29.3 Å². The van der Waals surface area contributed by atoms with E-state index in [1.165, 1.54) is 28.7 Å². The van der Waals surface area contributed by atoms with Crippen molar-refractivity contribution in [3.63, 3.8) is 0 Å². The van der Waals surface area contributed by atoms with E-state index in [0.717, 1.165) is 27.1 Å². The molecule has 0 aliphatic heterocycles. The van der Waals surface area contributed by atoms with Crippen LogP contribution < -0.4 is 10.1 Å². The highest BCUT2D eigenvalue weighted by atomic mass is 79.9. The van der Waals surface area contributed by atoms with Crippen LogP contribution in [0.4, 0.5) is 5.13 Å². The Morgan fingerprint density at radius 3 is 2.69 bits per heavy atom. The van der Waals surface area contributed by atoms with Gasteiger partial charge in [0, 0.05) is 34.1 Å². The molecule has 0 saturated heterocycles. The predicted octanol–water partition coefficient (Wildman–Crippen LogP) is 6.07. The maximum Gasteiger partial charge on any atom is 0.236 e. The average Bonchev–Trinajstić information content (AvgIpc) is 3.47. The molecule has 0 atom stereocenters. The van der Waals surface area contributed by atoms with Gasteiger partial charge in [0.2, 0.25) is 5.91 Å². The maximum atomic E-state index is 12.6. The van der Waals surface area contributed by atoms with E-state index in [-0.39, 0.29) is 11.7 Å². The first-order valence-corrected chi connectivity index (χ1v) is 13.5. The number of hydrogen-bond acceptors (Lipinski definition) is 7. The number of ether oxygens (including phenoxy) is 1. The van der Waals surface area contributed by atoms with Crippen LogP contribution in [0.25, 0.3) is 11.4 Å². The van der Waals surface area contributed by atoms with Gasteiger partial charge in [-0.2, -0.15) is 0 Å². The number of rotatable bonds is 11. The SMILES string of the molecule is C=CCn1c(SCC(=O)Nc2ncc(Cc3ccc(Br)cc3)s2)nnc1-c1ccc(OCC)cc1. The van der Waals surface area contributed by atoms with Gasteiger partial charge in [-0.3, -0.25) is 9.36 Å². The van der Waals surface area contributed by atoms with Crippen molar-refractivity contribution in [3.8, 4) is 17.1 Å². The summed E-state index contributed by atoms with van der Waals surface area (Å²) in [4.78, 5) is 18.0. The largest absolute Gasteiger partial charge is 0.494 e. The predicted molar refractivity (Wildman–Crippen MR) is 145 cm³/mol. The summed E-state index contributed by atoms with van der Waals surface area (Å²) in [5.74, 6) is 1.57. The number of nitrogens with zero attached hydrogens (tertiary/aromatic N) is 4. The average molecular weight is 571 g/mol. The van der Waals surface area contributed by atoms with E-state index in [1.54, 1.807) is 12.3 Å². The molecule has 10 heteroatoms. The van der Waals surface area contributed by atoms with Crippen molar-refractivity contribution < 1.29 is 9.53 Å². The molecule has 0 spiro atoms. The molecule has 0 radical (unpaired) electrons. The Balaban J connectivity index is 1.36. The van der Waals surface area contributed by atoms with Gasteiger partial charge in [-0.1, -0.05) is 45.9 Å². The van der Waals surface area contributed by atoms with Crippen LogP contribution in [-0.2, 0) is 17.8 Å². The zero-order valence-corrected chi connectivity index (χ0v) is 22.3. The number of benzene rings is 2. The molecule has 1 amide bonds. The van der Waals surface area contributed by atoms with Crippen molar-refractivity contribution in [2.45, 2.75) is 25.0 Å². The van der Waals surface area contributed by atoms with Crippen molar-refractivity contribution in [2.75, 3.05) is 17.7 Å². The van der Waals surface area contributed by atoms with Crippen LogP contribution in [0.5, 0.6) is 5.75 Å². The number of thioether (sulfide) groups is 1. The summed E-state index contributed by atoms with van der Waals surface area (Å²) in [6, 6.07) is 15.9. The van der Waals surface area contributed by atoms with Gasteiger partial charge in [-0.05, 0) is 48.9 Å². The highest BCUT2D eigenvalue weighted by Gasteiger charge is 2.16. The fourth-order valence-electron chi connectivity index (χ4n) is 3.31. The van der Waals surface area contributed by atoms with Gasteiger partial charge >= 0.3 is 0 Å². The lowest BCUT2D eigenvalue weighted by Gasteiger charge is -2.08. The van der Waals surface area contributed by atoms with E-state index in [1.807, 2.05) is 47.9 Å². The van der Waals surface area contributed by atoms with Crippen molar-refractivity contribution >= 4 is 50.1 Å². The first-order valence-electron chi connectivity index (χ1n) is 10.9.